The molecule has 0 bridgehead atoms. The second kappa shape index (κ2) is 12.4. The third-order valence-corrected chi connectivity index (χ3v) is 13.8. The predicted octanol–water partition coefficient (Wildman–Crippen LogP) is 4.96. The minimum atomic E-state index is -1.52. The summed E-state index contributed by atoms with van der Waals surface area (Å²) in [5, 5.41) is 42.0. The Labute approximate surface area is 270 Å². The highest BCUT2D eigenvalue weighted by Gasteiger charge is 2.71. The van der Waals surface area contributed by atoms with Gasteiger partial charge in [-0.05, 0) is 92.8 Å². The van der Waals surface area contributed by atoms with Crippen molar-refractivity contribution < 1.29 is 39.4 Å². The summed E-state index contributed by atoms with van der Waals surface area (Å²) in [7, 11) is 1.73. The highest BCUT2D eigenvalue weighted by Crippen LogP contribution is 2.75. The maximum atomic E-state index is 13.7. The number of aliphatic hydroxyl groups is 4. The van der Waals surface area contributed by atoms with E-state index in [1.165, 1.54) is 11.9 Å². The number of carbonyl (C=O) groups excluding carboxylic acids is 1. The minimum absolute atomic E-state index is 0.0409. The normalized spacial score (nSPS) is 47.0. The second-order valence-corrected chi connectivity index (χ2v) is 16.9. The number of hydrogen-bond acceptors (Lipinski definition) is 8. The van der Waals surface area contributed by atoms with Gasteiger partial charge in [-0.1, -0.05) is 64.8 Å². The maximum absolute atomic E-state index is 13.7. The third-order valence-electron chi connectivity index (χ3n) is 13.8. The lowest BCUT2D eigenvalue weighted by Crippen LogP contribution is -2.65. The first-order valence-electron chi connectivity index (χ1n) is 17.4. The molecule has 0 aromatic carbocycles. The summed E-state index contributed by atoms with van der Waals surface area (Å²) in [6.45, 7) is 15.3. The van der Waals surface area contributed by atoms with E-state index >= 15 is 0 Å². The average Bonchev–Trinajstić information content (AvgIpc) is 3.27. The summed E-state index contributed by atoms with van der Waals surface area (Å²) in [4.78, 5) is 13.7. The molecule has 256 valence electrons. The van der Waals surface area contributed by atoms with E-state index in [0.717, 1.165) is 51.4 Å². The number of hydrogen-bond donors (Lipinski definition) is 4. The molecule has 3 saturated carbocycles. The van der Waals surface area contributed by atoms with Crippen LogP contribution in [0.2, 0.25) is 0 Å². The summed E-state index contributed by atoms with van der Waals surface area (Å²) in [6, 6.07) is 0. The van der Waals surface area contributed by atoms with Gasteiger partial charge in [-0.2, -0.15) is 0 Å². The fourth-order valence-electron chi connectivity index (χ4n) is 10.8. The quantitative estimate of drug-likeness (QED) is 0.208. The molecule has 5 rings (SSSR count). The zero-order valence-corrected chi connectivity index (χ0v) is 28.9. The van der Waals surface area contributed by atoms with Gasteiger partial charge in [-0.25, -0.2) is 0 Å². The van der Waals surface area contributed by atoms with E-state index in [2.05, 4.69) is 66.7 Å². The molecule has 4 N–H and O–H groups in total. The van der Waals surface area contributed by atoms with E-state index in [9.17, 15) is 25.2 Å². The van der Waals surface area contributed by atoms with Crippen LogP contribution in [0.5, 0.6) is 0 Å². The van der Waals surface area contributed by atoms with Crippen LogP contribution in [-0.4, -0.2) is 82.8 Å². The number of aldehydes is 1. The summed E-state index contributed by atoms with van der Waals surface area (Å²) < 4.78 is 18.3. The molecular formula is C37H60O8. The third kappa shape index (κ3) is 5.62. The Morgan fingerprint density at radius 2 is 1.73 bits per heavy atom. The SMILES string of the molecule is COC(C)(C)/C=C/C[C@@H](C)[C@H]1CC[C@@]2(C)[C@@H]3[C@@H](O[C@@H]4O[C@H](CO)[C@@H](O)[C@H](O)[C@H]4O)C=C4[C@H](CCCC4(C)C)[C@]3(C=O)CC[C@]12C. The van der Waals surface area contributed by atoms with Gasteiger partial charge in [0.25, 0.3) is 0 Å². The van der Waals surface area contributed by atoms with Crippen LogP contribution in [0.25, 0.3) is 0 Å². The topological polar surface area (TPSA) is 126 Å². The molecule has 1 aliphatic heterocycles. The van der Waals surface area contributed by atoms with Gasteiger partial charge >= 0.3 is 0 Å². The van der Waals surface area contributed by atoms with Crippen LogP contribution in [0.15, 0.2) is 23.8 Å². The van der Waals surface area contributed by atoms with Crippen molar-refractivity contribution in [3.05, 3.63) is 23.8 Å². The summed E-state index contributed by atoms with van der Waals surface area (Å²) in [6.07, 6.45) is 8.43. The van der Waals surface area contributed by atoms with Crippen molar-refractivity contribution in [1.82, 2.24) is 0 Å². The van der Waals surface area contributed by atoms with E-state index < -0.39 is 48.8 Å². The Hall–Kier alpha value is -1.13. The van der Waals surface area contributed by atoms with Crippen LogP contribution in [0, 0.1) is 45.3 Å². The minimum Gasteiger partial charge on any atom is -0.394 e. The van der Waals surface area contributed by atoms with E-state index in [1.54, 1.807) is 7.11 Å². The number of ether oxygens (including phenoxy) is 3. The monoisotopic (exact) mass is 632 g/mol. The molecule has 1 heterocycles. The molecule has 0 aromatic rings. The molecule has 0 aromatic heterocycles. The fraction of sp³-hybridized carbons (Fsp3) is 0.865. The number of rotatable bonds is 9. The van der Waals surface area contributed by atoms with Crippen molar-refractivity contribution in [3.63, 3.8) is 0 Å². The first-order valence-corrected chi connectivity index (χ1v) is 17.4. The Balaban J connectivity index is 1.55. The average molecular weight is 633 g/mol. The fourth-order valence-corrected chi connectivity index (χ4v) is 10.8. The zero-order valence-electron chi connectivity index (χ0n) is 28.9. The lowest BCUT2D eigenvalue weighted by Gasteiger charge is -2.66. The van der Waals surface area contributed by atoms with Crippen LogP contribution in [0.1, 0.15) is 99.8 Å². The van der Waals surface area contributed by atoms with Gasteiger partial charge in [0.2, 0.25) is 0 Å². The maximum Gasteiger partial charge on any atom is 0.187 e. The number of fused-ring (bicyclic) bond motifs is 5. The van der Waals surface area contributed by atoms with Gasteiger partial charge < -0.3 is 39.4 Å². The standard InChI is InChI=1S/C37H60O8/c1-22(11-9-15-34(4,5)43-8)23-13-16-36(7)31-26(44-32-30(42)29(41)28(40)27(20-38)45-32)19-25-24(12-10-14-33(25,2)3)37(31,21-39)18-17-35(23,36)6/h9,15,19,21-24,26-32,38,40-42H,10-14,16-18,20H2,1-8H3/b15-9+/t22-,23-,24+,26+,27-,28-,29+,30-,31+,32-,35-,36+,37-/m1/s1. The summed E-state index contributed by atoms with van der Waals surface area (Å²) >= 11 is 0. The van der Waals surface area contributed by atoms with E-state index in [4.69, 9.17) is 14.2 Å². The molecule has 0 unspecified atom stereocenters. The van der Waals surface area contributed by atoms with Crippen molar-refractivity contribution >= 4 is 6.29 Å². The Morgan fingerprint density at radius 3 is 2.38 bits per heavy atom. The Bertz CT molecular complexity index is 1150. The summed E-state index contributed by atoms with van der Waals surface area (Å²) in [5.41, 5.74) is -0.0407. The Morgan fingerprint density at radius 1 is 1.02 bits per heavy atom. The smallest absolute Gasteiger partial charge is 0.187 e. The second-order valence-electron chi connectivity index (χ2n) is 16.9. The largest absolute Gasteiger partial charge is 0.394 e. The van der Waals surface area contributed by atoms with Gasteiger partial charge in [-0.3, -0.25) is 0 Å². The molecule has 45 heavy (non-hydrogen) atoms. The van der Waals surface area contributed by atoms with Crippen molar-refractivity contribution in [2.45, 2.75) is 142 Å². The van der Waals surface area contributed by atoms with E-state index in [-0.39, 0.29) is 33.7 Å². The van der Waals surface area contributed by atoms with Crippen LogP contribution >= 0.6 is 0 Å². The zero-order chi connectivity index (χ0) is 33.2. The first kappa shape index (κ1) is 35.2. The molecule has 0 spiro atoms. The van der Waals surface area contributed by atoms with Crippen LogP contribution in [0.4, 0.5) is 0 Å². The number of methoxy groups -OCH3 is 1. The molecule has 13 atom stereocenters. The molecule has 0 amide bonds. The number of aliphatic hydroxyl groups excluding tert-OH is 4. The van der Waals surface area contributed by atoms with Crippen LogP contribution < -0.4 is 0 Å². The van der Waals surface area contributed by atoms with Crippen LogP contribution in [0.3, 0.4) is 0 Å². The van der Waals surface area contributed by atoms with E-state index in [0.29, 0.717) is 11.8 Å². The number of carbonyl (C=O) groups is 1. The van der Waals surface area contributed by atoms with Gasteiger partial charge in [0, 0.05) is 18.4 Å². The van der Waals surface area contributed by atoms with Gasteiger partial charge in [0.05, 0.1) is 18.3 Å². The molecule has 0 radical (unpaired) electrons. The van der Waals surface area contributed by atoms with Gasteiger partial charge in [0.15, 0.2) is 6.29 Å². The van der Waals surface area contributed by atoms with Crippen molar-refractivity contribution in [2.75, 3.05) is 13.7 Å². The molecule has 5 aliphatic rings. The van der Waals surface area contributed by atoms with Crippen molar-refractivity contribution in [2.24, 2.45) is 45.3 Å². The van der Waals surface area contributed by atoms with E-state index in [1.807, 2.05) is 0 Å². The lowest BCUT2D eigenvalue weighted by molar-refractivity contribution is -0.321. The van der Waals surface area contributed by atoms with Gasteiger partial charge in [0.1, 0.15) is 30.7 Å². The van der Waals surface area contributed by atoms with Gasteiger partial charge in [-0.15, -0.1) is 0 Å². The summed E-state index contributed by atoms with van der Waals surface area (Å²) in [5.74, 6) is 0.882. The predicted molar refractivity (Wildman–Crippen MR) is 172 cm³/mol. The molecule has 8 nitrogen and oxygen atoms in total. The van der Waals surface area contributed by atoms with Crippen molar-refractivity contribution in [3.8, 4) is 0 Å². The van der Waals surface area contributed by atoms with Crippen molar-refractivity contribution in [1.29, 1.82) is 0 Å². The molecular weight excluding hydrogens is 572 g/mol. The lowest BCUT2D eigenvalue weighted by atomic mass is 9.38. The van der Waals surface area contributed by atoms with Crippen LogP contribution in [-0.2, 0) is 19.0 Å². The highest BCUT2D eigenvalue weighted by molar-refractivity contribution is 5.65. The number of allylic oxidation sites excluding steroid dienone is 2. The molecule has 1 saturated heterocycles. The first-order chi connectivity index (χ1) is 21.0. The molecule has 4 fully saturated rings. The molecule has 4 aliphatic carbocycles. The molecule has 8 heteroatoms. The Kier molecular flexibility index (Phi) is 9.69. The highest BCUT2D eigenvalue weighted by atomic mass is 16.7.